The molecular weight excluding hydrogens is 294 g/mol. The lowest BCUT2D eigenvalue weighted by molar-refractivity contribution is 0.0138. The molecule has 1 aliphatic heterocycles. The largest absolute Gasteiger partial charge is 0.477 e. The summed E-state index contributed by atoms with van der Waals surface area (Å²) >= 11 is 0. The maximum absolute atomic E-state index is 12.1. The van der Waals surface area contributed by atoms with Crippen molar-refractivity contribution < 1.29 is 14.3 Å². The van der Waals surface area contributed by atoms with Gasteiger partial charge in [0.1, 0.15) is 5.60 Å². The Morgan fingerprint density at radius 1 is 1.52 bits per heavy atom. The first-order valence-electron chi connectivity index (χ1n) is 7.84. The topological polar surface area (TPSA) is 75.4 Å². The van der Waals surface area contributed by atoms with E-state index in [0.29, 0.717) is 31.1 Å². The third-order valence-electron chi connectivity index (χ3n) is 3.50. The Labute approximate surface area is 137 Å². The van der Waals surface area contributed by atoms with Crippen LogP contribution in [0.1, 0.15) is 39.2 Å². The highest BCUT2D eigenvalue weighted by molar-refractivity contribution is 5.68. The normalized spacial score (nSPS) is 18.2. The first-order chi connectivity index (χ1) is 10.9. The summed E-state index contributed by atoms with van der Waals surface area (Å²) < 4.78 is 11.1. The summed E-state index contributed by atoms with van der Waals surface area (Å²) in [6, 6.07) is 5.32. The van der Waals surface area contributed by atoms with Gasteiger partial charge in [0.25, 0.3) is 0 Å². The first kappa shape index (κ1) is 17.1. The molecule has 1 unspecified atom stereocenters. The van der Waals surface area contributed by atoms with Gasteiger partial charge in [0.2, 0.25) is 5.88 Å². The predicted molar refractivity (Wildman–Crippen MR) is 85.0 cm³/mol. The van der Waals surface area contributed by atoms with Gasteiger partial charge in [0.15, 0.2) is 0 Å². The van der Waals surface area contributed by atoms with Gasteiger partial charge in [-0.2, -0.15) is 5.26 Å². The Hall–Kier alpha value is -2.29. The molecule has 0 radical (unpaired) electrons. The van der Waals surface area contributed by atoms with Crippen molar-refractivity contribution in [3.05, 3.63) is 23.9 Å². The summed E-state index contributed by atoms with van der Waals surface area (Å²) in [4.78, 5) is 18.0. The molecule has 23 heavy (non-hydrogen) atoms. The molecule has 1 amide bonds. The molecule has 2 heterocycles. The fraction of sp³-hybridized carbons (Fsp3) is 0.588. The highest BCUT2D eigenvalue weighted by Crippen LogP contribution is 2.20. The zero-order valence-corrected chi connectivity index (χ0v) is 13.9. The molecule has 6 nitrogen and oxygen atoms in total. The van der Waals surface area contributed by atoms with Crippen molar-refractivity contribution in [2.45, 2.75) is 39.2 Å². The van der Waals surface area contributed by atoms with Gasteiger partial charge in [0.05, 0.1) is 18.2 Å². The van der Waals surface area contributed by atoms with E-state index in [1.165, 1.54) is 0 Å². The van der Waals surface area contributed by atoms with Crippen molar-refractivity contribution in [1.82, 2.24) is 9.88 Å². The molecule has 0 N–H and O–H groups in total. The van der Waals surface area contributed by atoms with Gasteiger partial charge in [-0.15, -0.1) is 0 Å². The molecule has 0 aromatic carbocycles. The molecule has 124 valence electrons. The lowest BCUT2D eigenvalue weighted by Crippen LogP contribution is -2.44. The van der Waals surface area contributed by atoms with E-state index in [9.17, 15) is 4.79 Å². The Morgan fingerprint density at radius 3 is 3.00 bits per heavy atom. The number of piperidine rings is 1. The summed E-state index contributed by atoms with van der Waals surface area (Å²) in [5, 5.41) is 8.88. The number of carbonyl (C=O) groups excluding carboxylic acids is 1. The molecule has 0 aliphatic carbocycles. The summed E-state index contributed by atoms with van der Waals surface area (Å²) in [5.74, 6) is 0.683. The molecule has 0 spiro atoms. The lowest BCUT2D eigenvalue weighted by atomic mass is 9.99. The van der Waals surface area contributed by atoms with Gasteiger partial charge >= 0.3 is 6.09 Å². The maximum atomic E-state index is 12.1. The second-order valence-electron chi connectivity index (χ2n) is 6.74. The monoisotopic (exact) mass is 317 g/mol. The molecule has 1 atom stereocenters. The van der Waals surface area contributed by atoms with E-state index in [1.54, 1.807) is 23.2 Å². The zero-order chi connectivity index (χ0) is 16.9. The minimum Gasteiger partial charge on any atom is -0.477 e. The molecule has 1 aliphatic rings. The number of rotatable bonds is 3. The third kappa shape index (κ3) is 5.44. The van der Waals surface area contributed by atoms with Gasteiger partial charge < -0.3 is 14.4 Å². The number of aromatic nitrogens is 1. The van der Waals surface area contributed by atoms with E-state index in [-0.39, 0.29) is 12.0 Å². The minimum atomic E-state index is -0.484. The quantitative estimate of drug-likeness (QED) is 0.856. The van der Waals surface area contributed by atoms with Crippen molar-refractivity contribution in [3.8, 4) is 11.9 Å². The number of nitriles is 1. The summed E-state index contributed by atoms with van der Waals surface area (Å²) in [6.07, 6.45) is 3.21. The highest BCUT2D eigenvalue weighted by atomic mass is 16.6. The van der Waals surface area contributed by atoms with Crippen LogP contribution in [-0.2, 0) is 4.74 Å². The number of amides is 1. The number of hydrogen-bond donors (Lipinski definition) is 0. The third-order valence-corrected chi connectivity index (χ3v) is 3.50. The summed E-state index contributed by atoms with van der Waals surface area (Å²) in [7, 11) is 0. The number of pyridine rings is 1. The van der Waals surface area contributed by atoms with E-state index in [0.717, 1.165) is 12.8 Å². The van der Waals surface area contributed by atoms with Crippen LogP contribution >= 0.6 is 0 Å². The van der Waals surface area contributed by atoms with Crippen LogP contribution in [0.2, 0.25) is 0 Å². The number of likely N-dealkylation sites (tertiary alicyclic amines) is 1. The van der Waals surface area contributed by atoms with Crippen LogP contribution in [-0.4, -0.2) is 41.3 Å². The van der Waals surface area contributed by atoms with Gasteiger partial charge in [-0.3, -0.25) is 0 Å². The van der Waals surface area contributed by atoms with Crippen LogP contribution in [0.4, 0.5) is 4.79 Å². The fourth-order valence-corrected chi connectivity index (χ4v) is 2.45. The Kier molecular flexibility index (Phi) is 5.43. The van der Waals surface area contributed by atoms with Crippen molar-refractivity contribution in [3.63, 3.8) is 0 Å². The van der Waals surface area contributed by atoms with Crippen molar-refractivity contribution in [2.75, 3.05) is 19.7 Å². The lowest BCUT2D eigenvalue weighted by Gasteiger charge is -2.33. The maximum Gasteiger partial charge on any atom is 0.410 e. The number of carbonyl (C=O) groups is 1. The summed E-state index contributed by atoms with van der Waals surface area (Å²) in [6.45, 7) is 7.40. The SMILES string of the molecule is CC(C)(C)OC(=O)N1CCCC(COc2cc(C#N)ccn2)C1. The average molecular weight is 317 g/mol. The number of hydrogen-bond acceptors (Lipinski definition) is 5. The minimum absolute atomic E-state index is 0.240. The molecule has 1 aromatic heterocycles. The van der Waals surface area contributed by atoms with E-state index in [1.807, 2.05) is 20.8 Å². The van der Waals surface area contributed by atoms with Gasteiger partial charge in [0, 0.05) is 31.3 Å². The van der Waals surface area contributed by atoms with E-state index in [2.05, 4.69) is 11.1 Å². The molecule has 6 heteroatoms. The van der Waals surface area contributed by atoms with Gasteiger partial charge in [-0.05, 0) is 39.7 Å². The van der Waals surface area contributed by atoms with Crippen LogP contribution in [0.25, 0.3) is 0 Å². The van der Waals surface area contributed by atoms with Crippen LogP contribution < -0.4 is 4.74 Å². The van der Waals surface area contributed by atoms with Crippen molar-refractivity contribution >= 4 is 6.09 Å². The van der Waals surface area contributed by atoms with Gasteiger partial charge in [-0.1, -0.05) is 0 Å². The molecule has 1 fully saturated rings. The van der Waals surface area contributed by atoms with E-state index < -0.39 is 5.60 Å². The van der Waals surface area contributed by atoms with Crippen LogP contribution in [0, 0.1) is 17.2 Å². The second kappa shape index (κ2) is 7.32. The number of nitrogens with zero attached hydrogens (tertiary/aromatic N) is 3. The number of ether oxygens (including phenoxy) is 2. The van der Waals surface area contributed by atoms with Crippen LogP contribution in [0.5, 0.6) is 5.88 Å². The van der Waals surface area contributed by atoms with Crippen LogP contribution in [0.3, 0.4) is 0 Å². The van der Waals surface area contributed by atoms with Crippen molar-refractivity contribution in [2.24, 2.45) is 5.92 Å². The highest BCUT2D eigenvalue weighted by Gasteiger charge is 2.27. The fourth-order valence-electron chi connectivity index (χ4n) is 2.45. The first-order valence-corrected chi connectivity index (χ1v) is 7.84. The zero-order valence-electron chi connectivity index (χ0n) is 13.9. The molecular formula is C17H23N3O3. The second-order valence-corrected chi connectivity index (χ2v) is 6.74. The molecule has 0 saturated carbocycles. The van der Waals surface area contributed by atoms with E-state index in [4.69, 9.17) is 14.7 Å². The van der Waals surface area contributed by atoms with Crippen molar-refractivity contribution in [1.29, 1.82) is 5.26 Å². The average Bonchev–Trinajstić information content (AvgIpc) is 2.52. The molecule has 1 saturated heterocycles. The standard InChI is InChI=1S/C17H23N3O3/c1-17(2,3)23-16(21)20-8-4-5-14(11-20)12-22-15-9-13(10-18)6-7-19-15/h6-7,9,14H,4-5,8,11-12H2,1-3H3. The smallest absolute Gasteiger partial charge is 0.410 e. The Bertz CT molecular complexity index is 589. The predicted octanol–water partition coefficient (Wildman–Crippen LogP) is 2.98. The Balaban J connectivity index is 1.86. The molecule has 2 rings (SSSR count). The molecule has 0 bridgehead atoms. The summed E-state index contributed by atoms with van der Waals surface area (Å²) in [5.41, 5.74) is 0.0383. The molecule has 1 aromatic rings. The van der Waals surface area contributed by atoms with Gasteiger partial charge in [-0.25, -0.2) is 9.78 Å². The van der Waals surface area contributed by atoms with E-state index >= 15 is 0 Å². The van der Waals surface area contributed by atoms with Crippen LogP contribution in [0.15, 0.2) is 18.3 Å². The Morgan fingerprint density at radius 2 is 2.30 bits per heavy atom.